The molecule has 0 bridgehead atoms. The Kier molecular flexibility index (Phi) is 4.37. The summed E-state index contributed by atoms with van der Waals surface area (Å²) in [7, 11) is 2.04. The first-order valence-corrected chi connectivity index (χ1v) is 6.65. The molecule has 1 N–H and O–H groups in total. The van der Waals surface area contributed by atoms with Crippen LogP contribution in [0.15, 0.2) is 30.3 Å². The third kappa shape index (κ3) is 3.10. The van der Waals surface area contributed by atoms with Crippen LogP contribution in [0.3, 0.4) is 0 Å². The molecule has 0 aliphatic heterocycles. The van der Waals surface area contributed by atoms with Gasteiger partial charge >= 0.3 is 5.97 Å². The minimum absolute atomic E-state index is 0.177. The van der Waals surface area contributed by atoms with Crippen LogP contribution in [-0.4, -0.2) is 29.1 Å². The topological polar surface area (TPSA) is 40.5 Å². The average Bonchev–Trinajstić information content (AvgIpc) is 2.40. The maximum absolute atomic E-state index is 11.3. The van der Waals surface area contributed by atoms with Gasteiger partial charge in [-0.15, -0.1) is 0 Å². The second-order valence-electron chi connectivity index (χ2n) is 5.20. The summed E-state index contributed by atoms with van der Waals surface area (Å²) in [6.07, 6.45) is 4.01. The van der Waals surface area contributed by atoms with Gasteiger partial charge in [-0.1, -0.05) is 43.2 Å². The highest BCUT2D eigenvalue weighted by Gasteiger charge is 2.33. The van der Waals surface area contributed by atoms with Crippen molar-refractivity contribution < 1.29 is 9.90 Å². The van der Waals surface area contributed by atoms with E-state index in [-0.39, 0.29) is 12.0 Å². The molecule has 0 saturated heterocycles. The zero-order valence-electron chi connectivity index (χ0n) is 10.9. The van der Waals surface area contributed by atoms with Gasteiger partial charge in [0, 0.05) is 12.6 Å². The predicted octanol–water partition coefficient (Wildman–Crippen LogP) is 2.76. The first kappa shape index (κ1) is 13.1. The van der Waals surface area contributed by atoms with Crippen molar-refractivity contribution in [1.29, 1.82) is 0 Å². The van der Waals surface area contributed by atoms with Gasteiger partial charge in [-0.25, -0.2) is 0 Å². The van der Waals surface area contributed by atoms with Crippen molar-refractivity contribution in [3.63, 3.8) is 0 Å². The monoisotopic (exact) mass is 247 g/mol. The molecule has 3 nitrogen and oxygen atoms in total. The normalized spacial score (nSPS) is 24.1. The fraction of sp³-hybridized carbons (Fsp3) is 0.533. The molecule has 2 atom stereocenters. The smallest absolute Gasteiger partial charge is 0.308 e. The van der Waals surface area contributed by atoms with Gasteiger partial charge in [-0.2, -0.15) is 0 Å². The van der Waals surface area contributed by atoms with E-state index >= 15 is 0 Å². The molecule has 1 fully saturated rings. The van der Waals surface area contributed by atoms with Crippen molar-refractivity contribution in [2.75, 3.05) is 7.05 Å². The third-order valence-electron chi connectivity index (χ3n) is 3.89. The summed E-state index contributed by atoms with van der Waals surface area (Å²) in [5, 5.41) is 9.30. The first-order chi connectivity index (χ1) is 8.68. The number of carboxylic acid groups (broad SMARTS) is 1. The van der Waals surface area contributed by atoms with Crippen molar-refractivity contribution >= 4 is 5.97 Å². The van der Waals surface area contributed by atoms with Gasteiger partial charge in [0.05, 0.1) is 5.92 Å². The molecular weight excluding hydrogens is 226 g/mol. The highest BCUT2D eigenvalue weighted by atomic mass is 16.4. The minimum Gasteiger partial charge on any atom is -0.481 e. The Morgan fingerprint density at radius 3 is 2.61 bits per heavy atom. The molecule has 1 aliphatic carbocycles. The second kappa shape index (κ2) is 6.01. The quantitative estimate of drug-likeness (QED) is 0.889. The number of nitrogens with zero attached hydrogens (tertiary/aromatic N) is 1. The van der Waals surface area contributed by atoms with Crippen molar-refractivity contribution in [2.24, 2.45) is 5.92 Å². The van der Waals surface area contributed by atoms with Crippen LogP contribution in [0.5, 0.6) is 0 Å². The molecule has 18 heavy (non-hydrogen) atoms. The van der Waals surface area contributed by atoms with Crippen molar-refractivity contribution in [3.05, 3.63) is 35.9 Å². The molecule has 1 aromatic carbocycles. The van der Waals surface area contributed by atoms with Gasteiger partial charge < -0.3 is 5.11 Å². The SMILES string of the molecule is CN(Cc1ccccc1)C1CCCCC1C(=O)O. The lowest BCUT2D eigenvalue weighted by atomic mass is 9.83. The van der Waals surface area contributed by atoms with E-state index in [0.29, 0.717) is 0 Å². The number of carboxylic acids is 1. The number of rotatable bonds is 4. The number of hydrogen-bond acceptors (Lipinski definition) is 2. The first-order valence-electron chi connectivity index (χ1n) is 6.65. The van der Waals surface area contributed by atoms with Gasteiger partial charge in [-0.05, 0) is 25.5 Å². The number of benzene rings is 1. The number of carbonyl (C=O) groups is 1. The molecular formula is C15H21NO2. The van der Waals surface area contributed by atoms with Crippen LogP contribution in [0, 0.1) is 5.92 Å². The van der Waals surface area contributed by atoms with Crippen LogP contribution < -0.4 is 0 Å². The van der Waals surface area contributed by atoms with E-state index < -0.39 is 5.97 Å². The highest BCUT2D eigenvalue weighted by molar-refractivity contribution is 5.71. The van der Waals surface area contributed by atoms with Gasteiger partial charge in [-0.3, -0.25) is 9.69 Å². The van der Waals surface area contributed by atoms with Gasteiger partial charge in [0.15, 0.2) is 0 Å². The summed E-state index contributed by atoms with van der Waals surface area (Å²) in [6.45, 7) is 0.829. The minimum atomic E-state index is -0.639. The van der Waals surface area contributed by atoms with Gasteiger partial charge in [0.1, 0.15) is 0 Å². The molecule has 1 saturated carbocycles. The lowest BCUT2D eigenvalue weighted by Crippen LogP contribution is -2.43. The molecule has 0 spiro atoms. The summed E-state index contributed by atoms with van der Waals surface area (Å²) < 4.78 is 0. The summed E-state index contributed by atoms with van der Waals surface area (Å²) in [4.78, 5) is 13.5. The largest absolute Gasteiger partial charge is 0.481 e. The molecule has 0 heterocycles. The van der Waals surface area contributed by atoms with Crippen LogP contribution >= 0.6 is 0 Å². The standard InChI is InChI=1S/C15H21NO2/c1-16(11-12-7-3-2-4-8-12)14-10-6-5-9-13(14)15(17)18/h2-4,7-8,13-14H,5-6,9-11H2,1H3,(H,17,18). The second-order valence-corrected chi connectivity index (χ2v) is 5.20. The summed E-state index contributed by atoms with van der Waals surface area (Å²) in [5.74, 6) is -0.841. The molecule has 0 aromatic heterocycles. The predicted molar refractivity (Wildman–Crippen MR) is 71.3 cm³/mol. The fourth-order valence-corrected chi connectivity index (χ4v) is 2.92. The average molecular weight is 247 g/mol. The number of hydrogen-bond donors (Lipinski definition) is 1. The molecule has 3 heteroatoms. The Bertz CT molecular complexity index is 391. The van der Waals surface area contributed by atoms with Crippen LogP contribution in [0.2, 0.25) is 0 Å². The van der Waals surface area contributed by atoms with E-state index in [2.05, 4.69) is 17.0 Å². The Morgan fingerprint density at radius 2 is 1.94 bits per heavy atom. The molecule has 0 amide bonds. The van der Waals surface area contributed by atoms with Gasteiger partial charge in [0.2, 0.25) is 0 Å². The van der Waals surface area contributed by atoms with Crippen LogP contribution in [-0.2, 0) is 11.3 Å². The van der Waals surface area contributed by atoms with Crippen molar-refractivity contribution in [3.8, 4) is 0 Å². The zero-order chi connectivity index (χ0) is 13.0. The Labute approximate surface area is 108 Å². The van der Waals surface area contributed by atoms with E-state index in [0.717, 1.165) is 32.2 Å². The summed E-state index contributed by atoms with van der Waals surface area (Å²) >= 11 is 0. The van der Waals surface area contributed by atoms with E-state index in [1.54, 1.807) is 0 Å². The third-order valence-corrected chi connectivity index (χ3v) is 3.89. The van der Waals surface area contributed by atoms with E-state index in [4.69, 9.17) is 0 Å². The van der Waals surface area contributed by atoms with E-state index in [1.807, 2.05) is 25.2 Å². The summed E-state index contributed by atoms with van der Waals surface area (Å²) in [6, 6.07) is 10.4. The molecule has 98 valence electrons. The summed E-state index contributed by atoms with van der Waals surface area (Å²) in [5.41, 5.74) is 1.25. The Balaban J connectivity index is 2.02. The zero-order valence-corrected chi connectivity index (χ0v) is 10.9. The molecule has 1 aliphatic rings. The maximum Gasteiger partial charge on any atom is 0.308 e. The lowest BCUT2D eigenvalue weighted by Gasteiger charge is -2.35. The fourth-order valence-electron chi connectivity index (χ4n) is 2.92. The van der Waals surface area contributed by atoms with Crippen molar-refractivity contribution in [2.45, 2.75) is 38.3 Å². The van der Waals surface area contributed by atoms with E-state index in [9.17, 15) is 9.90 Å². The van der Waals surface area contributed by atoms with Crippen molar-refractivity contribution in [1.82, 2.24) is 4.90 Å². The lowest BCUT2D eigenvalue weighted by molar-refractivity contribution is -0.145. The van der Waals surface area contributed by atoms with Crippen LogP contribution in [0.25, 0.3) is 0 Å². The van der Waals surface area contributed by atoms with E-state index in [1.165, 1.54) is 5.56 Å². The molecule has 2 unspecified atom stereocenters. The molecule has 1 aromatic rings. The van der Waals surface area contributed by atoms with Gasteiger partial charge in [0.25, 0.3) is 0 Å². The Hall–Kier alpha value is -1.35. The Morgan fingerprint density at radius 1 is 1.28 bits per heavy atom. The molecule has 0 radical (unpaired) electrons. The van der Waals surface area contributed by atoms with Crippen LogP contribution in [0.4, 0.5) is 0 Å². The maximum atomic E-state index is 11.3. The molecule has 2 rings (SSSR count). The van der Waals surface area contributed by atoms with Crippen LogP contribution in [0.1, 0.15) is 31.2 Å². The number of aliphatic carboxylic acids is 1. The highest BCUT2D eigenvalue weighted by Crippen LogP contribution is 2.28.